The lowest BCUT2D eigenvalue weighted by molar-refractivity contribution is 0.0852. The van der Waals surface area contributed by atoms with Crippen LogP contribution in [0.2, 0.25) is 5.02 Å². The number of fused-ring (bicyclic) bond motifs is 3. The van der Waals surface area contributed by atoms with Gasteiger partial charge in [0.25, 0.3) is 5.91 Å². The third-order valence-electron chi connectivity index (χ3n) is 4.44. The summed E-state index contributed by atoms with van der Waals surface area (Å²) in [4.78, 5) is 13.8. The van der Waals surface area contributed by atoms with Gasteiger partial charge in [0.05, 0.1) is 11.8 Å². The second-order valence-electron chi connectivity index (χ2n) is 6.07. The molecule has 1 aromatic heterocycles. The number of ether oxygens (including phenoxy) is 1. The second-order valence-corrected chi connectivity index (χ2v) is 7.53. The predicted molar refractivity (Wildman–Crippen MR) is 94.5 cm³/mol. The van der Waals surface area contributed by atoms with Crippen LogP contribution < -0.4 is 5.32 Å². The van der Waals surface area contributed by atoms with Crippen LogP contribution in [0.5, 0.6) is 0 Å². The summed E-state index contributed by atoms with van der Waals surface area (Å²) in [5.41, 5.74) is 3.50. The first-order valence-electron chi connectivity index (χ1n) is 8.02. The lowest BCUT2D eigenvalue weighted by atomic mass is 10.1. The number of nitrogens with zero attached hydrogens (tertiary/aromatic N) is 2. The molecule has 0 bridgehead atoms. The fourth-order valence-electron chi connectivity index (χ4n) is 3.28. The van der Waals surface area contributed by atoms with Crippen LogP contribution in [-0.4, -0.2) is 34.9 Å². The van der Waals surface area contributed by atoms with Gasteiger partial charge in [0.2, 0.25) is 0 Å². The molecule has 1 aromatic carbocycles. The Hall–Kier alpha value is -1.50. The topological polar surface area (TPSA) is 56.2 Å². The van der Waals surface area contributed by atoms with E-state index in [9.17, 15) is 4.79 Å². The zero-order chi connectivity index (χ0) is 16.7. The van der Waals surface area contributed by atoms with Crippen molar-refractivity contribution < 1.29 is 9.53 Å². The average Bonchev–Trinajstić information content (AvgIpc) is 3.20. The van der Waals surface area contributed by atoms with Crippen molar-refractivity contribution in [2.24, 2.45) is 7.05 Å². The standard InChI is InChI=1S/C17H18ClN3O2S/c1-21-16-12-7-10(18)4-5-14(12)24-9-13(16)15(20-21)17(22)19-8-11-3-2-6-23-11/h4-5,7,11H,2-3,6,8-9H2,1H3,(H,19,22). The van der Waals surface area contributed by atoms with Gasteiger partial charge < -0.3 is 10.1 Å². The molecule has 1 saturated heterocycles. The van der Waals surface area contributed by atoms with E-state index in [1.54, 1.807) is 16.4 Å². The molecule has 0 aliphatic carbocycles. The largest absolute Gasteiger partial charge is 0.376 e. The molecule has 1 N–H and O–H groups in total. The first-order valence-corrected chi connectivity index (χ1v) is 9.38. The number of rotatable bonds is 3. The van der Waals surface area contributed by atoms with Crippen LogP contribution in [-0.2, 0) is 17.5 Å². The Labute approximate surface area is 149 Å². The third-order valence-corrected chi connectivity index (χ3v) is 5.78. The molecule has 1 amide bonds. The van der Waals surface area contributed by atoms with Crippen LogP contribution in [0.3, 0.4) is 0 Å². The number of thioether (sulfide) groups is 1. The van der Waals surface area contributed by atoms with Gasteiger partial charge in [-0.05, 0) is 31.0 Å². The molecule has 1 atom stereocenters. The summed E-state index contributed by atoms with van der Waals surface area (Å²) in [5, 5.41) is 8.13. The minimum Gasteiger partial charge on any atom is -0.376 e. The molecular formula is C17H18ClN3O2S. The number of hydrogen-bond acceptors (Lipinski definition) is 4. The van der Waals surface area contributed by atoms with Gasteiger partial charge in [-0.25, -0.2) is 0 Å². The van der Waals surface area contributed by atoms with Crippen LogP contribution in [0, 0.1) is 0 Å². The first kappa shape index (κ1) is 16.0. The second kappa shape index (κ2) is 6.43. The molecule has 24 heavy (non-hydrogen) atoms. The number of amides is 1. The van der Waals surface area contributed by atoms with Crippen molar-refractivity contribution in [3.8, 4) is 11.3 Å². The van der Waals surface area contributed by atoms with Gasteiger partial charge in [-0.1, -0.05) is 11.6 Å². The molecule has 0 radical (unpaired) electrons. The summed E-state index contributed by atoms with van der Waals surface area (Å²) in [6.45, 7) is 1.33. The van der Waals surface area contributed by atoms with Gasteiger partial charge >= 0.3 is 0 Å². The first-order chi connectivity index (χ1) is 11.6. The Morgan fingerprint density at radius 1 is 1.54 bits per heavy atom. The molecule has 0 saturated carbocycles. The highest BCUT2D eigenvalue weighted by molar-refractivity contribution is 7.98. The molecule has 1 unspecified atom stereocenters. The Balaban J connectivity index is 1.62. The van der Waals surface area contributed by atoms with Crippen LogP contribution in [0.1, 0.15) is 28.9 Å². The third kappa shape index (κ3) is 2.83. The van der Waals surface area contributed by atoms with Crippen molar-refractivity contribution in [3.63, 3.8) is 0 Å². The molecule has 1 fully saturated rings. The van der Waals surface area contributed by atoms with E-state index < -0.39 is 0 Å². The zero-order valence-electron chi connectivity index (χ0n) is 13.3. The highest BCUT2D eigenvalue weighted by atomic mass is 35.5. The van der Waals surface area contributed by atoms with Crippen molar-refractivity contribution in [3.05, 3.63) is 34.5 Å². The van der Waals surface area contributed by atoms with Crippen molar-refractivity contribution in [1.29, 1.82) is 0 Å². The summed E-state index contributed by atoms with van der Waals surface area (Å²) >= 11 is 7.87. The van der Waals surface area contributed by atoms with Crippen molar-refractivity contribution >= 4 is 29.3 Å². The molecule has 3 heterocycles. The van der Waals surface area contributed by atoms with E-state index in [1.165, 1.54) is 4.90 Å². The minimum absolute atomic E-state index is 0.127. The summed E-state index contributed by atoms with van der Waals surface area (Å²) in [7, 11) is 1.87. The van der Waals surface area contributed by atoms with E-state index in [0.29, 0.717) is 17.3 Å². The zero-order valence-corrected chi connectivity index (χ0v) is 14.9. The molecule has 0 spiro atoms. The number of aryl methyl sites for hydroxylation is 1. The van der Waals surface area contributed by atoms with Gasteiger partial charge in [0.1, 0.15) is 0 Å². The van der Waals surface area contributed by atoms with E-state index in [2.05, 4.69) is 10.4 Å². The molecule has 7 heteroatoms. The Morgan fingerprint density at radius 3 is 3.21 bits per heavy atom. The molecule has 5 nitrogen and oxygen atoms in total. The van der Waals surface area contributed by atoms with Crippen LogP contribution >= 0.6 is 23.4 Å². The minimum atomic E-state index is -0.131. The molecule has 2 aromatic rings. The number of nitrogens with one attached hydrogen (secondary N) is 1. The summed E-state index contributed by atoms with van der Waals surface area (Å²) in [6.07, 6.45) is 2.19. The Bertz CT molecular complexity index is 799. The summed E-state index contributed by atoms with van der Waals surface area (Å²) in [5.74, 6) is 0.606. The lowest BCUT2D eigenvalue weighted by Gasteiger charge is -2.17. The van der Waals surface area contributed by atoms with Gasteiger partial charge in [-0.2, -0.15) is 5.10 Å². The Morgan fingerprint density at radius 2 is 2.42 bits per heavy atom. The molecule has 2 aliphatic rings. The van der Waals surface area contributed by atoms with E-state index in [1.807, 2.05) is 25.2 Å². The number of carbonyl (C=O) groups is 1. The predicted octanol–water partition coefficient (Wildman–Crippen LogP) is 3.26. The molecule has 126 valence electrons. The molecule has 4 rings (SSSR count). The number of aromatic nitrogens is 2. The van der Waals surface area contributed by atoms with Gasteiger partial charge in [0, 0.05) is 47.0 Å². The maximum absolute atomic E-state index is 12.6. The number of benzene rings is 1. The van der Waals surface area contributed by atoms with Crippen LogP contribution in [0.25, 0.3) is 11.3 Å². The van der Waals surface area contributed by atoms with Crippen LogP contribution in [0.4, 0.5) is 0 Å². The average molecular weight is 364 g/mol. The lowest BCUT2D eigenvalue weighted by Crippen LogP contribution is -2.32. The van der Waals surface area contributed by atoms with Crippen LogP contribution in [0.15, 0.2) is 23.1 Å². The van der Waals surface area contributed by atoms with Gasteiger partial charge in [0.15, 0.2) is 5.69 Å². The normalized spacial score (nSPS) is 19.0. The fraction of sp³-hybridized carbons (Fsp3) is 0.412. The highest BCUT2D eigenvalue weighted by Crippen LogP contribution is 2.43. The molecular weight excluding hydrogens is 346 g/mol. The highest BCUT2D eigenvalue weighted by Gasteiger charge is 2.28. The smallest absolute Gasteiger partial charge is 0.272 e. The van der Waals surface area contributed by atoms with Crippen molar-refractivity contribution in [2.75, 3.05) is 13.2 Å². The monoisotopic (exact) mass is 363 g/mol. The van der Waals surface area contributed by atoms with Gasteiger partial charge in [-0.15, -0.1) is 11.8 Å². The van der Waals surface area contributed by atoms with E-state index in [0.717, 1.165) is 42.0 Å². The number of hydrogen-bond donors (Lipinski definition) is 1. The summed E-state index contributed by atoms with van der Waals surface area (Å²) in [6, 6.07) is 5.86. The van der Waals surface area contributed by atoms with Gasteiger partial charge in [-0.3, -0.25) is 9.48 Å². The maximum atomic E-state index is 12.6. The number of carbonyl (C=O) groups excluding carboxylic acids is 1. The molecule has 2 aliphatic heterocycles. The quantitative estimate of drug-likeness (QED) is 0.909. The van der Waals surface area contributed by atoms with Crippen molar-refractivity contribution in [2.45, 2.75) is 29.6 Å². The fourth-order valence-corrected chi connectivity index (χ4v) is 4.50. The summed E-state index contributed by atoms with van der Waals surface area (Å²) < 4.78 is 7.34. The van der Waals surface area contributed by atoms with E-state index in [4.69, 9.17) is 16.3 Å². The van der Waals surface area contributed by atoms with E-state index >= 15 is 0 Å². The van der Waals surface area contributed by atoms with E-state index in [-0.39, 0.29) is 12.0 Å². The number of halogens is 1. The van der Waals surface area contributed by atoms with Crippen molar-refractivity contribution in [1.82, 2.24) is 15.1 Å². The SMILES string of the molecule is Cn1nc(C(=O)NCC2CCCO2)c2c1-c1cc(Cl)ccc1SC2. The maximum Gasteiger partial charge on any atom is 0.272 e. The Kier molecular flexibility index (Phi) is 4.28.